The Morgan fingerprint density at radius 1 is 1.14 bits per heavy atom. The molecule has 0 amide bonds. The van der Waals surface area contributed by atoms with E-state index >= 15 is 0 Å². The van der Waals surface area contributed by atoms with Gasteiger partial charge in [-0.1, -0.05) is 23.2 Å². The summed E-state index contributed by atoms with van der Waals surface area (Å²) in [5.74, 6) is 0.250. The second kappa shape index (κ2) is 5.39. The molecule has 0 unspecified atom stereocenters. The maximum Gasteiger partial charge on any atom is 0.408 e. The van der Waals surface area contributed by atoms with Gasteiger partial charge in [-0.3, -0.25) is 4.57 Å². The summed E-state index contributed by atoms with van der Waals surface area (Å²) < 4.78 is 2.77. The van der Waals surface area contributed by atoms with Gasteiger partial charge in [0.25, 0.3) is 0 Å². The fraction of sp³-hybridized carbons (Fsp3) is 0.0833. The number of rotatable bonds is 3. The van der Waals surface area contributed by atoms with E-state index in [-0.39, 0.29) is 11.6 Å². The van der Waals surface area contributed by atoms with Gasteiger partial charge in [0.2, 0.25) is 12.1 Å². The van der Waals surface area contributed by atoms with Crippen LogP contribution in [0.15, 0.2) is 30.9 Å². The first-order valence-electron chi connectivity index (χ1n) is 6.00. The number of hydrogen-bond donors (Lipinski definition) is 0. The highest BCUT2D eigenvalue weighted by molar-refractivity contribution is 6.35. The molecule has 10 heteroatoms. The highest BCUT2D eigenvalue weighted by Gasteiger charge is 2.23. The number of benzene rings is 1. The average molecular weight is 339 g/mol. The summed E-state index contributed by atoms with van der Waals surface area (Å²) in [7, 11) is 1.63. The Kier molecular flexibility index (Phi) is 3.55. The van der Waals surface area contributed by atoms with Gasteiger partial charge in [0, 0.05) is 22.7 Å². The molecule has 8 nitrogen and oxygen atoms in total. The predicted molar refractivity (Wildman–Crippen MR) is 80.2 cm³/mol. The Bertz CT molecular complexity index is 852. The zero-order valence-corrected chi connectivity index (χ0v) is 12.7. The average Bonchev–Trinajstić information content (AvgIpc) is 3.03. The number of aryl methyl sites for hydroxylation is 1. The van der Waals surface area contributed by atoms with Crippen LogP contribution in [-0.4, -0.2) is 29.2 Å². The lowest BCUT2D eigenvalue weighted by molar-refractivity contribution is -0.389. The molecule has 22 heavy (non-hydrogen) atoms. The van der Waals surface area contributed by atoms with Crippen LogP contribution in [0.3, 0.4) is 0 Å². The molecule has 0 saturated carbocycles. The topological polar surface area (TPSA) is 91.7 Å². The van der Waals surface area contributed by atoms with Gasteiger partial charge in [-0.2, -0.15) is 4.68 Å². The molecule has 0 aliphatic carbocycles. The van der Waals surface area contributed by atoms with Crippen LogP contribution in [0, 0.1) is 10.1 Å². The molecular formula is C12H8Cl2N6O2. The van der Waals surface area contributed by atoms with Crippen molar-refractivity contribution in [2.24, 2.45) is 7.05 Å². The molecule has 0 aliphatic rings. The Balaban J connectivity index is 2.08. The molecule has 0 spiro atoms. The third-order valence-corrected chi connectivity index (χ3v) is 3.33. The van der Waals surface area contributed by atoms with Crippen LogP contribution in [0.5, 0.6) is 0 Å². The van der Waals surface area contributed by atoms with E-state index in [0.717, 1.165) is 0 Å². The second-order valence-electron chi connectivity index (χ2n) is 4.43. The van der Waals surface area contributed by atoms with Gasteiger partial charge in [-0.05, 0) is 28.1 Å². The number of hydrogen-bond acceptors (Lipinski definition) is 5. The van der Waals surface area contributed by atoms with Crippen molar-refractivity contribution >= 4 is 29.0 Å². The highest BCUT2D eigenvalue weighted by Crippen LogP contribution is 2.26. The second-order valence-corrected chi connectivity index (χ2v) is 5.30. The first kappa shape index (κ1) is 14.5. The lowest BCUT2D eigenvalue weighted by Gasteiger charge is -2.01. The SMILES string of the molecule is Cn1cnc([N+](=O)[O-])c1-n1cnc(-c2cc(Cl)cc(Cl)c2)n1. The fourth-order valence-electron chi connectivity index (χ4n) is 1.98. The van der Waals surface area contributed by atoms with Crippen molar-refractivity contribution < 1.29 is 4.92 Å². The van der Waals surface area contributed by atoms with Crippen LogP contribution in [-0.2, 0) is 7.05 Å². The monoisotopic (exact) mass is 338 g/mol. The van der Waals surface area contributed by atoms with Crippen LogP contribution in [0.2, 0.25) is 10.0 Å². The number of imidazole rings is 1. The van der Waals surface area contributed by atoms with E-state index in [1.165, 1.54) is 21.9 Å². The molecular weight excluding hydrogens is 331 g/mol. The Labute approximate surface area is 134 Å². The van der Waals surface area contributed by atoms with Gasteiger partial charge in [0.05, 0.1) is 0 Å². The molecule has 0 bridgehead atoms. The van der Waals surface area contributed by atoms with Gasteiger partial charge < -0.3 is 10.1 Å². The van der Waals surface area contributed by atoms with Crippen LogP contribution < -0.4 is 0 Å². The minimum absolute atomic E-state index is 0.205. The minimum atomic E-state index is -0.576. The number of nitrogens with zero attached hydrogens (tertiary/aromatic N) is 6. The van der Waals surface area contributed by atoms with Gasteiger partial charge in [0.15, 0.2) is 5.82 Å². The molecule has 3 rings (SSSR count). The minimum Gasteiger partial charge on any atom is -0.358 e. The Hall–Kier alpha value is -2.45. The van der Waals surface area contributed by atoms with Gasteiger partial charge in [-0.25, -0.2) is 4.98 Å². The third-order valence-electron chi connectivity index (χ3n) is 2.89. The number of halogens is 2. The van der Waals surface area contributed by atoms with E-state index in [0.29, 0.717) is 21.4 Å². The molecule has 0 N–H and O–H groups in total. The summed E-state index contributed by atoms with van der Waals surface area (Å²) in [6.45, 7) is 0. The highest BCUT2D eigenvalue weighted by atomic mass is 35.5. The Morgan fingerprint density at radius 2 is 1.82 bits per heavy atom. The summed E-state index contributed by atoms with van der Waals surface area (Å²) in [4.78, 5) is 18.3. The third kappa shape index (κ3) is 2.53. The van der Waals surface area contributed by atoms with Crippen molar-refractivity contribution in [2.45, 2.75) is 0 Å². The molecule has 2 heterocycles. The van der Waals surface area contributed by atoms with Crippen molar-refractivity contribution in [3.63, 3.8) is 0 Å². The lowest BCUT2D eigenvalue weighted by Crippen LogP contribution is -2.05. The summed E-state index contributed by atoms with van der Waals surface area (Å²) in [5.41, 5.74) is 0.612. The van der Waals surface area contributed by atoms with Crippen LogP contribution >= 0.6 is 23.2 Å². The van der Waals surface area contributed by atoms with Crippen molar-refractivity contribution in [1.82, 2.24) is 24.3 Å². The quantitative estimate of drug-likeness (QED) is 0.540. The maximum atomic E-state index is 11.0. The molecule has 112 valence electrons. The first-order valence-corrected chi connectivity index (χ1v) is 6.75. The largest absolute Gasteiger partial charge is 0.408 e. The van der Waals surface area contributed by atoms with Gasteiger partial charge >= 0.3 is 5.82 Å². The van der Waals surface area contributed by atoms with E-state index in [1.807, 2.05) is 0 Å². The van der Waals surface area contributed by atoms with E-state index in [1.54, 1.807) is 25.2 Å². The zero-order chi connectivity index (χ0) is 15.9. The van der Waals surface area contributed by atoms with E-state index in [9.17, 15) is 10.1 Å². The van der Waals surface area contributed by atoms with Crippen molar-refractivity contribution in [3.8, 4) is 17.2 Å². The Morgan fingerprint density at radius 3 is 2.45 bits per heavy atom. The summed E-state index contributed by atoms with van der Waals surface area (Å²) in [6, 6.07) is 4.91. The molecule has 1 aromatic carbocycles. The maximum absolute atomic E-state index is 11.0. The number of nitro groups is 1. The molecule has 0 fully saturated rings. The van der Waals surface area contributed by atoms with E-state index in [4.69, 9.17) is 23.2 Å². The van der Waals surface area contributed by atoms with Gasteiger partial charge in [-0.15, -0.1) is 5.10 Å². The summed E-state index contributed by atoms with van der Waals surface area (Å²) in [6.07, 6.45) is 2.71. The molecule has 0 aliphatic heterocycles. The lowest BCUT2D eigenvalue weighted by atomic mass is 10.2. The van der Waals surface area contributed by atoms with Crippen LogP contribution in [0.4, 0.5) is 5.82 Å². The van der Waals surface area contributed by atoms with E-state index < -0.39 is 4.92 Å². The smallest absolute Gasteiger partial charge is 0.358 e. The molecule has 2 aromatic heterocycles. The standard InChI is InChI=1S/C12H8Cl2N6O2/c1-18-5-16-11(20(21)22)12(18)19-6-15-10(17-19)7-2-8(13)4-9(14)3-7/h2-6H,1H3. The van der Waals surface area contributed by atoms with Crippen LogP contribution in [0.25, 0.3) is 17.2 Å². The van der Waals surface area contributed by atoms with Gasteiger partial charge in [0.1, 0.15) is 6.33 Å². The zero-order valence-electron chi connectivity index (χ0n) is 11.1. The van der Waals surface area contributed by atoms with E-state index in [2.05, 4.69) is 15.1 Å². The first-order chi connectivity index (χ1) is 10.5. The summed E-state index contributed by atoms with van der Waals surface area (Å²) >= 11 is 11.9. The summed E-state index contributed by atoms with van der Waals surface area (Å²) in [5, 5.41) is 16.1. The van der Waals surface area contributed by atoms with Crippen molar-refractivity contribution in [1.29, 1.82) is 0 Å². The normalized spacial score (nSPS) is 10.9. The fourth-order valence-corrected chi connectivity index (χ4v) is 2.51. The molecule has 0 radical (unpaired) electrons. The van der Waals surface area contributed by atoms with Crippen molar-refractivity contribution in [3.05, 3.63) is 51.0 Å². The predicted octanol–water partition coefficient (Wildman–Crippen LogP) is 2.88. The van der Waals surface area contributed by atoms with Crippen LogP contribution in [0.1, 0.15) is 0 Å². The molecule has 0 saturated heterocycles. The number of aromatic nitrogens is 5. The molecule has 3 aromatic rings. The molecule has 0 atom stereocenters. The van der Waals surface area contributed by atoms with Crippen molar-refractivity contribution in [2.75, 3.05) is 0 Å².